The van der Waals surface area contributed by atoms with Gasteiger partial charge in [-0.3, -0.25) is 0 Å². The summed E-state index contributed by atoms with van der Waals surface area (Å²) in [5.74, 6) is 0.781. The molecule has 0 aromatic carbocycles. The zero-order valence-electron chi connectivity index (χ0n) is 13.5. The van der Waals surface area contributed by atoms with E-state index in [4.69, 9.17) is 4.74 Å². The summed E-state index contributed by atoms with van der Waals surface area (Å²) >= 11 is 0. The van der Waals surface area contributed by atoms with Crippen molar-refractivity contribution in [2.75, 3.05) is 6.54 Å². The van der Waals surface area contributed by atoms with Gasteiger partial charge in [-0.15, -0.1) is 0 Å². The molecule has 0 spiro atoms. The van der Waals surface area contributed by atoms with Crippen LogP contribution in [-0.2, 0) is 0 Å². The normalized spacial score (nSPS) is 14.0. The fourth-order valence-corrected chi connectivity index (χ4v) is 2.36. The zero-order chi connectivity index (χ0) is 14.8. The van der Waals surface area contributed by atoms with Gasteiger partial charge in [-0.25, -0.2) is 4.98 Å². The molecule has 1 heterocycles. The summed E-state index contributed by atoms with van der Waals surface area (Å²) < 4.78 is 6.04. The molecule has 114 valence electrons. The highest BCUT2D eigenvalue weighted by Gasteiger charge is 2.13. The average molecular weight is 278 g/mol. The van der Waals surface area contributed by atoms with E-state index in [0.29, 0.717) is 0 Å². The summed E-state index contributed by atoms with van der Waals surface area (Å²) in [4.78, 5) is 4.40. The fourth-order valence-electron chi connectivity index (χ4n) is 2.36. The molecule has 20 heavy (non-hydrogen) atoms. The minimum Gasteiger partial charge on any atom is -0.474 e. The molecule has 0 radical (unpaired) electrons. The van der Waals surface area contributed by atoms with Crippen molar-refractivity contribution in [2.45, 2.75) is 71.9 Å². The smallest absolute Gasteiger partial charge is 0.218 e. The van der Waals surface area contributed by atoms with Gasteiger partial charge >= 0.3 is 0 Å². The van der Waals surface area contributed by atoms with Crippen LogP contribution in [-0.4, -0.2) is 17.6 Å². The first-order valence-corrected chi connectivity index (χ1v) is 8.04. The maximum absolute atomic E-state index is 6.04. The Morgan fingerprint density at radius 2 is 2.00 bits per heavy atom. The van der Waals surface area contributed by atoms with Gasteiger partial charge in [-0.05, 0) is 39.3 Å². The lowest BCUT2D eigenvalue weighted by Crippen LogP contribution is -2.20. The van der Waals surface area contributed by atoms with E-state index in [1.807, 2.05) is 6.07 Å². The molecular weight excluding hydrogens is 248 g/mol. The molecule has 1 aromatic heterocycles. The zero-order valence-corrected chi connectivity index (χ0v) is 13.5. The predicted octanol–water partition coefficient (Wildman–Crippen LogP) is 4.49. The van der Waals surface area contributed by atoms with Crippen molar-refractivity contribution in [3.63, 3.8) is 0 Å². The van der Waals surface area contributed by atoms with Crippen LogP contribution >= 0.6 is 0 Å². The van der Waals surface area contributed by atoms with Crippen LogP contribution in [0.4, 0.5) is 0 Å². The third-order valence-corrected chi connectivity index (χ3v) is 3.55. The number of pyridine rings is 1. The highest BCUT2D eigenvalue weighted by atomic mass is 16.5. The Labute approximate surface area is 124 Å². The molecule has 0 fully saturated rings. The van der Waals surface area contributed by atoms with E-state index >= 15 is 0 Å². The maximum Gasteiger partial charge on any atom is 0.218 e. The predicted molar refractivity (Wildman–Crippen MR) is 85.2 cm³/mol. The van der Waals surface area contributed by atoms with Crippen LogP contribution in [0.25, 0.3) is 0 Å². The molecule has 0 aliphatic carbocycles. The highest BCUT2D eigenvalue weighted by Crippen LogP contribution is 2.24. The summed E-state index contributed by atoms with van der Waals surface area (Å²) in [6, 6.07) is 4.34. The lowest BCUT2D eigenvalue weighted by molar-refractivity contribution is 0.194. The number of rotatable bonds is 10. The van der Waals surface area contributed by atoms with Gasteiger partial charge < -0.3 is 10.1 Å². The Kier molecular flexibility index (Phi) is 8.28. The van der Waals surface area contributed by atoms with Crippen LogP contribution in [0.5, 0.6) is 5.88 Å². The number of unbranched alkanes of at least 4 members (excludes halogenated alkanes) is 3. The van der Waals surface area contributed by atoms with Gasteiger partial charge in [0.2, 0.25) is 5.88 Å². The minimum absolute atomic E-state index is 0.231. The third kappa shape index (κ3) is 5.91. The fraction of sp³-hybridized carbons (Fsp3) is 0.706. The lowest BCUT2D eigenvalue weighted by atomic mass is 10.1. The van der Waals surface area contributed by atoms with Crippen molar-refractivity contribution >= 4 is 0 Å². The van der Waals surface area contributed by atoms with Gasteiger partial charge in [0.25, 0.3) is 0 Å². The van der Waals surface area contributed by atoms with Gasteiger partial charge in [0.1, 0.15) is 0 Å². The highest BCUT2D eigenvalue weighted by molar-refractivity contribution is 5.28. The molecular formula is C17H30N2O. The number of hydrogen-bond acceptors (Lipinski definition) is 3. The number of nitrogens with zero attached hydrogens (tertiary/aromatic N) is 1. The molecule has 0 amide bonds. The van der Waals surface area contributed by atoms with E-state index in [1.165, 1.54) is 25.7 Å². The van der Waals surface area contributed by atoms with Crippen molar-refractivity contribution in [2.24, 2.45) is 0 Å². The van der Waals surface area contributed by atoms with Gasteiger partial charge in [0.15, 0.2) is 0 Å². The molecule has 0 bridgehead atoms. The summed E-state index contributed by atoms with van der Waals surface area (Å²) in [7, 11) is 0. The Bertz CT molecular complexity index is 368. The molecule has 3 nitrogen and oxygen atoms in total. The molecule has 1 N–H and O–H groups in total. The van der Waals surface area contributed by atoms with Crippen molar-refractivity contribution in [3.05, 3.63) is 23.9 Å². The van der Waals surface area contributed by atoms with Crippen molar-refractivity contribution < 1.29 is 4.74 Å². The number of hydrogen-bond donors (Lipinski definition) is 1. The lowest BCUT2D eigenvalue weighted by Gasteiger charge is -2.19. The molecule has 1 rings (SSSR count). The second kappa shape index (κ2) is 9.76. The molecule has 2 atom stereocenters. The number of ether oxygens (including phenoxy) is 1. The first-order chi connectivity index (χ1) is 9.69. The van der Waals surface area contributed by atoms with Crippen molar-refractivity contribution in [1.29, 1.82) is 0 Å². The van der Waals surface area contributed by atoms with Crippen LogP contribution in [0.1, 0.15) is 71.4 Å². The number of nitrogens with one attached hydrogen (secondary N) is 1. The maximum atomic E-state index is 6.04. The summed E-state index contributed by atoms with van der Waals surface area (Å²) in [6.07, 6.45) is 8.27. The molecule has 0 aliphatic rings. The third-order valence-electron chi connectivity index (χ3n) is 3.55. The van der Waals surface area contributed by atoms with Crippen molar-refractivity contribution in [1.82, 2.24) is 10.3 Å². The average Bonchev–Trinajstić information content (AvgIpc) is 2.44. The Morgan fingerprint density at radius 3 is 2.70 bits per heavy atom. The van der Waals surface area contributed by atoms with Crippen LogP contribution < -0.4 is 10.1 Å². The molecule has 0 saturated heterocycles. The van der Waals surface area contributed by atoms with Gasteiger partial charge in [0, 0.05) is 17.8 Å². The van der Waals surface area contributed by atoms with E-state index in [-0.39, 0.29) is 12.1 Å². The second-order valence-corrected chi connectivity index (χ2v) is 5.45. The van der Waals surface area contributed by atoms with E-state index in [1.54, 1.807) is 6.20 Å². The first kappa shape index (κ1) is 17.0. The van der Waals surface area contributed by atoms with Crippen LogP contribution in [0.3, 0.4) is 0 Å². The van der Waals surface area contributed by atoms with Crippen LogP contribution in [0.15, 0.2) is 18.3 Å². The second-order valence-electron chi connectivity index (χ2n) is 5.45. The molecule has 0 saturated carbocycles. The summed E-state index contributed by atoms with van der Waals surface area (Å²) in [5, 5.41) is 3.42. The summed E-state index contributed by atoms with van der Waals surface area (Å²) in [6.45, 7) is 9.59. The van der Waals surface area contributed by atoms with E-state index in [9.17, 15) is 0 Å². The topological polar surface area (TPSA) is 34.1 Å². The molecule has 1 aromatic rings. The van der Waals surface area contributed by atoms with E-state index in [2.05, 4.69) is 44.1 Å². The SMILES string of the molecule is CCCCCCC(C)Oc1ncccc1C(C)NCC. The first-order valence-electron chi connectivity index (χ1n) is 8.04. The minimum atomic E-state index is 0.231. The number of aromatic nitrogens is 1. The molecule has 0 aliphatic heterocycles. The van der Waals surface area contributed by atoms with E-state index < -0.39 is 0 Å². The van der Waals surface area contributed by atoms with Gasteiger partial charge in [-0.2, -0.15) is 0 Å². The Morgan fingerprint density at radius 1 is 1.20 bits per heavy atom. The van der Waals surface area contributed by atoms with Gasteiger partial charge in [-0.1, -0.05) is 39.2 Å². The largest absolute Gasteiger partial charge is 0.474 e. The standard InChI is InChI=1S/C17H30N2O/c1-5-7-8-9-11-14(3)20-17-16(12-10-13-19-17)15(4)18-6-2/h10,12-15,18H,5-9,11H2,1-4H3. The Hall–Kier alpha value is -1.09. The molecule has 2 unspecified atom stereocenters. The van der Waals surface area contributed by atoms with Crippen LogP contribution in [0.2, 0.25) is 0 Å². The van der Waals surface area contributed by atoms with Gasteiger partial charge in [0.05, 0.1) is 6.10 Å². The Balaban J connectivity index is 2.53. The van der Waals surface area contributed by atoms with E-state index in [0.717, 1.165) is 24.4 Å². The monoisotopic (exact) mass is 278 g/mol. The van der Waals surface area contributed by atoms with Crippen molar-refractivity contribution in [3.8, 4) is 5.88 Å². The molecule has 3 heteroatoms. The quantitative estimate of drug-likeness (QED) is 0.640. The van der Waals surface area contributed by atoms with Crippen LogP contribution in [0, 0.1) is 0 Å². The summed E-state index contributed by atoms with van der Waals surface area (Å²) in [5.41, 5.74) is 1.15.